The molecule has 3 aromatic carbocycles. The first kappa shape index (κ1) is 16.1. The fourth-order valence-electron chi connectivity index (χ4n) is 3.44. The van der Waals surface area contributed by atoms with Crippen LogP contribution in [0.25, 0.3) is 11.1 Å². The highest BCUT2D eigenvalue weighted by Gasteiger charge is 2.37. The van der Waals surface area contributed by atoms with E-state index >= 15 is 0 Å². The number of nitrogens with two attached hydrogens (primary N) is 1. The third kappa shape index (κ3) is 2.75. The maximum atomic E-state index is 13.1. The van der Waals surface area contributed by atoms with E-state index < -0.39 is 11.9 Å². The second-order valence-corrected chi connectivity index (χ2v) is 6.37. The van der Waals surface area contributed by atoms with Crippen LogP contribution in [0.4, 0.5) is 5.69 Å². The summed E-state index contributed by atoms with van der Waals surface area (Å²) in [5.74, 6) is -0.700. The molecule has 2 N–H and O–H groups in total. The van der Waals surface area contributed by atoms with Gasteiger partial charge in [-0.2, -0.15) is 0 Å². The lowest BCUT2D eigenvalue weighted by atomic mass is 10.0. The van der Waals surface area contributed by atoms with Gasteiger partial charge in [0.15, 0.2) is 0 Å². The zero-order valence-electron chi connectivity index (χ0n) is 14.1. The number of amides is 2. The van der Waals surface area contributed by atoms with E-state index in [-0.39, 0.29) is 5.91 Å². The number of hydrogen-bond acceptors (Lipinski definition) is 2. The molecule has 4 heteroatoms. The van der Waals surface area contributed by atoms with Crippen LogP contribution in [0.15, 0.2) is 78.9 Å². The number of fused-ring (bicyclic) bond motifs is 1. The van der Waals surface area contributed by atoms with Gasteiger partial charge in [-0.15, -0.1) is 0 Å². The monoisotopic (exact) mass is 342 g/mol. The van der Waals surface area contributed by atoms with Crippen molar-refractivity contribution in [1.29, 1.82) is 0 Å². The highest BCUT2D eigenvalue weighted by atomic mass is 16.2. The number of rotatable bonds is 3. The zero-order valence-corrected chi connectivity index (χ0v) is 14.1. The van der Waals surface area contributed by atoms with Crippen LogP contribution in [0.2, 0.25) is 0 Å². The van der Waals surface area contributed by atoms with Crippen molar-refractivity contribution in [3.05, 3.63) is 90.0 Å². The topological polar surface area (TPSA) is 63.4 Å². The van der Waals surface area contributed by atoms with Gasteiger partial charge in [-0.25, -0.2) is 0 Å². The number of benzene rings is 3. The van der Waals surface area contributed by atoms with Gasteiger partial charge in [0.1, 0.15) is 6.04 Å². The molecule has 0 aliphatic carbocycles. The molecule has 1 aliphatic rings. The van der Waals surface area contributed by atoms with Gasteiger partial charge in [-0.1, -0.05) is 60.7 Å². The summed E-state index contributed by atoms with van der Waals surface area (Å²) in [5, 5.41) is 0. The SMILES string of the molecule is NC(=O)C1Cc2ccccc2N1C(=O)c1ccc(-c2ccccc2)cc1. The summed E-state index contributed by atoms with van der Waals surface area (Å²) >= 11 is 0. The van der Waals surface area contributed by atoms with Gasteiger partial charge in [0.2, 0.25) is 5.91 Å². The lowest BCUT2D eigenvalue weighted by molar-refractivity contribution is -0.119. The molecule has 0 spiro atoms. The Bertz CT molecular complexity index is 965. The van der Waals surface area contributed by atoms with E-state index in [0.717, 1.165) is 22.4 Å². The van der Waals surface area contributed by atoms with Crippen LogP contribution >= 0.6 is 0 Å². The summed E-state index contributed by atoms with van der Waals surface area (Å²) in [6.45, 7) is 0. The van der Waals surface area contributed by atoms with Gasteiger partial charge >= 0.3 is 0 Å². The van der Waals surface area contributed by atoms with Crippen LogP contribution in [0.3, 0.4) is 0 Å². The quantitative estimate of drug-likeness (QED) is 0.793. The molecular formula is C22H18N2O2. The Kier molecular flexibility index (Phi) is 4.01. The molecule has 4 rings (SSSR count). The fraction of sp³-hybridized carbons (Fsp3) is 0.0909. The van der Waals surface area contributed by atoms with Crippen molar-refractivity contribution in [3.63, 3.8) is 0 Å². The predicted molar refractivity (Wildman–Crippen MR) is 102 cm³/mol. The van der Waals surface area contributed by atoms with Crippen LogP contribution in [0.1, 0.15) is 15.9 Å². The third-order valence-corrected chi connectivity index (χ3v) is 4.76. The Hall–Kier alpha value is -3.40. The van der Waals surface area contributed by atoms with E-state index in [1.807, 2.05) is 66.7 Å². The molecule has 2 amide bonds. The summed E-state index contributed by atoms with van der Waals surface area (Å²) < 4.78 is 0. The zero-order chi connectivity index (χ0) is 18.1. The molecule has 26 heavy (non-hydrogen) atoms. The Morgan fingerprint density at radius 2 is 1.42 bits per heavy atom. The Balaban J connectivity index is 1.67. The van der Waals surface area contributed by atoms with E-state index in [2.05, 4.69) is 0 Å². The van der Waals surface area contributed by atoms with Crippen LogP contribution in [-0.2, 0) is 11.2 Å². The average Bonchev–Trinajstić information content (AvgIpc) is 3.08. The molecule has 1 aliphatic heterocycles. The minimum absolute atomic E-state index is 0.210. The normalized spacial score (nSPS) is 15.5. The minimum atomic E-state index is -0.645. The van der Waals surface area contributed by atoms with Crippen molar-refractivity contribution in [2.24, 2.45) is 5.73 Å². The van der Waals surface area contributed by atoms with Gasteiger partial charge in [0.05, 0.1) is 0 Å². The van der Waals surface area contributed by atoms with Crippen LogP contribution < -0.4 is 10.6 Å². The van der Waals surface area contributed by atoms with Crippen molar-refractivity contribution >= 4 is 17.5 Å². The minimum Gasteiger partial charge on any atom is -0.368 e. The summed E-state index contributed by atoms with van der Waals surface area (Å²) in [5.41, 5.74) is 9.94. The first-order valence-corrected chi connectivity index (χ1v) is 8.51. The van der Waals surface area contributed by atoms with E-state index in [9.17, 15) is 9.59 Å². The van der Waals surface area contributed by atoms with Crippen molar-refractivity contribution in [3.8, 4) is 11.1 Å². The number of carbonyl (C=O) groups excluding carboxylic acids is 2. The Morgan fingerprint density at radius 1 is 0.808 bits per heavy atom. The molecule has 0 saturated carbocycles. The van der Waals surface area contributed by atoms with E-state index in [1.54, 1.807) is 12.1 Å². The molecule has 0 fully saturated rings. The van der Waals surface area contributed by atoms with Crippen molar-refractivity contribution < 1.29 is 9.59 Å². The number of anilines is 1. The first-order valence-electron chi connectivity index (χ1n) is 8.51. The van der Waals surface area contributed by atoms with Crippen LogP contribution in [0.5, 0.6) is 0 Å². The van der Waals surface area contributed by atoms with Gasteiger partial charge in [-0.3, -0.25) is 14.5 Å². The van der Waals surface area contributed by atoms with Gasteiger partial charge in [0.25, 0.3) is 5.91 Å². The summed E-state index contributed by atoms with van der Waals surface area (Å²) in [6.07, 6.45) is 0.458. The number of hydrogen-bond donors (Lipinski definition) is 1. The van der Waals surface area contributed by atoms with Gasteiger partial charge in [-0.05, 0) is 34.9 Å². The standard InChI is InChI=1S/C22H18N2O2/c23-21(25)20-14-18-8-4-5-9-19(18)24(20)22(26)17-12-10-16(11-13-17)15-6-2-1-3-7-15/h1-13,20H,14H2,(H2,23,25). The molecule has 0 bridgehead atoms. The summed E-state index contributed by atoms with van der Waals surface area (Å²) in [6, 6.07) is 24.3. The van der Waals surface area contributed by atoms with E-state index in [4.69, 9.17) is 5.73 Å². The summed E-state index contributed by atoms with van der Waals surface area (Å²) in [4.78, 5) is 26.5. The maximum Gasteiger partial charge on any atom is 0.259 e. The molecule has 1 heterocycles. The number of carbonyl (C=O) groups is 2. The molecule has 128 valence electrons. The predicted octanol–water partition coefficient (Wildman–Crippen LogP) is 3.41. The molecule has 3 aromatic rings. The fourth-order valence-corrected chi connectivity index (χ4v) is 3.44. The van der Waals surface area contributed by atoms with Crippen molar-refractivity contribution in [2.75, 3.05) is 4.90 Å². The van der Waals surface area contributed by atoms with E-state index in [1.165, 1.54) is 4.90 Å². The molecule has 0 radical (unpaired) electrons. The lowest BCUT2D eigenvalue weighted by Crippen LogP contribution is -2.46. The van der Waals surface area contributed by atoms with E-state index in [0.29, 0.717) is 12.0 Å². The lowest BCUT2D eigenvalue weighted by Gasteiger charge is -2.23. The molecular weight excluding hydrogens is 324 g/mol. The molecule has 4 nitrogen and oxygen atoms in total. The number of primary amides is 1. The van der Waals surface area contributed by atoms with Gasteiger partial charge in [0, 0.05) is 17.7 Å². The average molecular weight is 342 g/mol. The number of para-hydroxylation sites is 1. The number of nitrogens with zero attached hydrogens (tertiary/aromatic N) is 1. The first-order chi connectivity index (χ1) is 12.6. The van der Waals surface area contributed by atoms with Crippen LogP contribution in [0, 0.1) is 0 Å². The smallest absolute Gasteiger partial charge is 0.259 e. The molecule has 0 aromatic heterocycles. The molecule has 0 saturated heterocycles. The molecule has 1 unspecified atom stereocenters. The highest BCUT2D eigenvalue weighted by Crippen LogP contribution is 2.33. The Labute approximate surface area is 151 Å². The third-order valence-electron chi connectivity index (χ3n) is 4.76. The van der Waals surface area contributed by atoms with Crippen molar-refractivity contribution in [2.45, 2.75) is 12.5 Å². The van der Waals surface area contributed by atoms with Crippen LogP contribution in [-0.4, -0.2) is 17.9 Å². The second kappa shape index (κ2) is 6.48. The maximum absolute atomic E-state index is 13.1. The Morgan fingerprint density at radius 3 is 2.12 bits per heavy atom. The second-order valence-electron chi connectivity index (χ2n) is 6.37. The van der Waals surface area contributed by atoms with Crippen molar-refractivity contribution in [1.82, 2.24) is 0 Å². The van der Waals surface area contributed by atoms with Gasteiger partial charge < -0.3 is 5.73 Å². The summed E-state index contributed by atoms with van der Waals surface area (Å²) in [7, 11) is 0. The largest absolute Gasteiger partial charge is 0.368 e. The highest BCUT2D eigenvalue weighted by molar-refractivity contribution is 6.11. The molecule has 1 atom stereocenters.